The third-order valence-corrected chi connectivity index (χ3v) is 6.35. The van der Waals surface area contributed by atoms with E-state index in [1.165, 1.54) is 5.56 Å². The lowest BCUT2D eigenvalue weighted by Gasteiger charge is -2.28. The predicted molar refractivity (Wildman–Crippen MR) is 118 cm³/mol. The van der Waals surface area contributed by atoms with Crippen LogP contribution in [0.1, 0.15) is 65.5 Å². The van der Waals surface area contributed by atoms with Crippen LogP contribution in [0.3, 0.4) is 0 Å². The number of sulfonamides is 1. The number of primary amides is 1. The number of nitrogens with zero attached hydrogens (tertiary/aromatic N) is 2. The van der Waals surface area contributed by atoms with Gasteiger partial charge >= 0.3 is 0 Å². The topological polar surface area (TPSA) is 132 Å². The maximum Gasteiger partial charge on any atom is 0.269 e. The molecule has 1 aromatic heterocycles. The van der Waals surface area contributed by atoms with Gasteiger partial charge < -0.3 is 5.73 Å². The average molecular weight is 445 g/mol. The SMILES string of the molecule is Cc1nc(C)c(-c2ccc(C3CCC(CC(=O)NS(C)(=O)=O)CC3)cc2)nc1C(N)=O. The fourth-order valence-corrected chi connectivity index (χ4v) is 4.76. The maximum atomic E-state index is 11.8. The summed E-state index contributed by atoms with van der Waals surface area (Å²) in [5, 5.41) is 0. The summed E-state index contributed by atoms with van der Waals surface area (Å²) in [6, 6.07) is 8.11. The molecular weight excluding hydrogens is 416 g/mol. The molecule has 0 atom stereocenters. The van der Waals surface area contributed by atoms with Crippen LogP contribution < -0.4 is 10.5 Å². The molecule has 166 valence electrons. The van der Waals surface area contributed by atoms with Crippen LogP contribution in [0.4, 0.5) is 0 Å². The highest BCUT2D eigenvalue weighted by Gasteiger charge is 2.25. The van der Waals surface area contributed by atoms with E-state index in [9.17, 15) is 18.0 Å². The van der Waals surface area contributed by atoms with Crippen LogP contribution in [0.2, 0.25) is 0 Å². The molecule has 9 heteroatoms. The molecule has 1 heterocycles. The molecule has 0 spiro atoms. The Morgan fingerprint density at radius 2 is 1.65 bits per heavy atom. The second-order valence-corrected chi connectivity index (χ2v) is 10.0. The van der Waals surface area contributed by atoms with Crippen molar-refractivity contribution < 1.29 is 18.0 Å². The highest BCUT2D eigenvalue weighted by molar-refractivity contribution is 7.89. The van der Waals surface area contributed by atoms with Gasteiger partial charge in [0.1, 0.15) is 5.69 Å². The van der Waals surface area contributed by atoms with Crippen molar-refractivity contribution in [3.63, 3.8) is 0 Å². The minimum absolute atomic E-state index is 0.183. The normalized spacial score (nSPS) is 19.1. The van der Waals surface area contributed by atoms with E-state index >= 15 is 0 Å². The van der Waals surface area contributed by atoms with E-state index in [-0.39, 0.29) is 18.0 Å². The first-order valence-corrected chi connectivity index (χ1v) is 12.2. The quantitative estimate of drug-likeness (QED) is 0.704. The van der Waals surface area contributed by atoms with E-state index in [0.29, 0.717) is 17.3 Å². The minimum Gasteiger partial charge on any atom is -0.364 e. The fourth-order valence-electron chi connectivity index (χ4n) is 4.26. The van der Waals surface area contributed by atoms with Crippen LogP contribution in [0.25, 0.3) is 11.3 Å². The summed E-state index contributed by atoms with van der Waals surface area (Å²) in [5.74, 6) is -0.422. The second kappa shape index (κ2) is 9.13. The minimum atomic E-state index is -3.50. The third kappa shape index (κ3) is 5.88. The van der Waals surface area contributed by atoms with Crippen molar-refractivity contribution in [1.29, 1.82) is 0 Å². The number of rotatable bonds is 6. The number of aromatic nitrogens is 2. The molecule has 8 nitrogen and oxygen atoms in total. The van der Waals surface area contributed by atoms with Gasteiger partial charge in [-0.3, -0.25) is 19.3 Å². The summed E-state index contributed by atoms with van der Waals surface area (Å²) in [5.41, 5.74) is 9.59. The van der Waals surface area contributed by atoms with Gasteiger partial charge in [-0.05, 0) is 56.9 Å². The van der Waals surface area contributed by atoms with Gasteiger partial charge in [-0.2, -0.15) is 0 Å². The van der Waals surface area contributed by atoms with E-state index in [1.807, 2.05) is 23.8 Å². The lowest BCUT2D eigenvalue weighted by atomic mass is 9.77. The number of aryl methyl sites for hydroxylation is 2. The smallest absolute Gasteiger partial charge is 0.269 e. The van der Waals surface area contributed by atoms with E-state index in [0.717, 1.165) is 43.2 Å². The van der Waals surface area contributed by atoms with Crippen LogP contribution in [-0.4, -0.2) is 36.5 Å². The van der Waals surface area contributed by atoms with Gasteiger partial charge in [-0.25, -0.2) is 13.4 Å². The van der Waals surface area contributed by atoms with Crippen LogP contribution in [0.5, 0.6) is 0 Å². The average Bonchev–Trinajstić information content (AvgIpc) is 2.67. The molecule has 0 radical (unpaired) electrons. The Morgan fingerprint density at radius 1 is 1.03 bits per heavy atom. The lowest BCUT2D eigenvalue weighted by Crippen LogP contribution is -2.31. The first-order valence-electron chi connectivity index (χ1n) is 10.3. The van der Waals surface area contributed by atoms with E-state index < -0.39 is 21.8 Å². The molecule has 0 unspecified atom stereocenters. The molecule has 3 N–H and O–H groups in total. The Labute approximate surface area is 182 Å². The number of hydrogen-bond acceptors (Lipinski definition) is 6. The molecule has 0 bridgehead atoms. The Morgan fingerprint density at radius 3 is 2.19 bits per heavy atom. The molecule has 1 aromatic carbocycles. The van der Waals surface area contributed by atoms with Crippen LogP contribution in [0, 0.1) is 19.8 Å². The highest BCUT2D eigenvalue weighted by atomic mass is 32.2. The first kappa shape index (κ1) is 22.9. The number of benzene rings is 1. The number of hydrogen-bond donors (Lipinski definition) is 2. The number of amides is 2. The molecular formula is C22H28N4O4S. The highest BCUT2D eigenvalue weighted by Crippen LogP contribution is 2.37. The zero-order chi connectivity index (χ0) is 22.8. The molecule has 2 aromatic rings. The Hall–Kier alpha value is -2.81. The van der Waals surface area contributed by atoms with Crippen LogP contribution in [-0.2, 0) is 14.8 Å². The van der Waals surface area contributed by atoms with E-state index in [2.05, 4.69) is 22.1 Å². The number of carbonyl (C=O) groups excluding carboxylic acids is 2. The number of nitrogens with one attached hydrogen (secondary N) is 1. The van der Waals surface area contributed by atoms with Crippen LogP contribution >= 0.6 is 0 Å². The van der Waals surface area contributed by atoms with Crippen molar-refractivity contribution in [2.24, 2.45) is 11.7 Å². The van der Waals surface area contributed by atoms with Gasteiger partial charge in [-0.15, -0.1) is 0 Å². The molecule has 31 heavy (non-hydrogen) atoms. The first-order chi connectivity index (χ1) is 14.5. The lowest BCUT2D eigenvalue weighted by molar-refractivity contribution is -0.120. The largest absolute Gasteiger partial charge is 0.364 e. The summed E-state index contributed by atoms with van der Waals surface area (Å²) in [7, 11) is -3.50. The monoisotopic (exact) mass is 444 g/mol. The van der Waals surface area contributed by atoms with Gasteiger partial charge in [0.05, 0.1) is 23.3 Å². The summed E-state index contributed by atoms with van der Waals surface area (Å²) in [4.78, 5) is 32.3. The van der Waals surface area contributed by atoms with Crippen molar-refractivity contribution >= 4 is 21.8 Å². The molecule has 1 saturated carbocycles. The van der Waals surface area contributed by atoms with E-state index in [1.54, 1.807) is 6.92 Å². The number of nitrogens with two attached hydrogens (primary N) is 1. The predicted octanol–water partition coefficient (Wildman–Crippen LogP) is 2.60. The Kier molecular flexibility index (Phi) is 6.74. The Bertz CT molecular complexity index is 1090. The number of carbonyl (C=O) groups is 2. The fraction of sp³-hybridized carbons (Fsp3) is 0.455. The summed E-state index contributed by atoms with van der Waals surface area (Å²) >= 11 is 0. The van der Waals surface area contributed by atoms with Crippen molar-refractivity contribution in [3.05, 3.63) is 46.9 Å². The maximum absolute atomic E-state index is 11.8. The molecule has 3 rings (SSSR count). The van der Waals surface area contributed by atoms with Gasteiger partial charge in [0.25, 0.3) is 5.91 Å². The summed E-state index contributed by atoms with van der Waals surface area (Å²) < 4.78 is 24.4. The Balaban J connectivity index is 1.65. The van der Waals surface area contributed by atoms with Crippen molar-refractivity contribution in [2.45, 2.75) is 51.9 Å². The molecule has 1 fully saturated rings. The molecule has 0 aliphatic heterocycles. The second-order valence-electron chi connectivity index (χ2n) is 8.30. The zero-order valence-electron chi connectivity index (χ0n) is 18.0. The standard InChI is InChI=1S/C22H28N4O4S/c1-13-20(25-21(22(23)28)14(2)24-13)18-10-8-17(9-11-18)16-6-4-15(5-7-16)12-19(27)26-31(3,29)30/h8-11,15-16H,4-7,12H2,1-3H3,(H2,23,28)(H,26,27). The van der Waals surface area contributed by atoms with Gasteiger partial charge in [-0.1, -0.05) is 24.3 Å². The zero-order valence-corrected chi connectivity index (χ0v) is 18.8. The molecule has 1 aliphatic carbocycles. The van der Waals surface area contributed by atoms with Gasteiger partial charge in [0.2, 0.25) is 15.9 Å². The third-order valence-electron chi connectivity index (χ3n) is 5.75. The molecule has 1 aliphatic rings. The molecule has 0 saturated heterocycles. The van der Waals surface area contributed by atoms with Gasteiger partial charge in [0.15, 0.2) is 0 Å². The van der Waals surface area contributed by atoms with Crippen LogP contribution in [0.15, 0.2) is 24.3 Å². The van der Waals surface area contributed by atoms with Crippen molar-refractivity contribution in [2.75, 3.05) is 6.26 Å². The summed E-state index contributed by atoms with van der Waals surface area (Å²) in [6.07, 6.45) is 4.90. The van der Waals surface area contributed by atoms with Crippen molar-refractivity contribution in [1.82, 2.24) is 14.7 Å². The van der Waals surface area contributed by atoms with Crippen molar-refractivity contribution in [3.8, 4) is 11.3 Å². The van der Waals surface area contributed by atoms with Gasteiger partial charge in [0, 0.05) is 12.0 Å². The summed E-state index contributed by atoms with van der Waals surface area (Å²) in [6.45, 7) is 3.57. The van der Waals surface area contributed by atoms with E-state index in [4.69, 9.17) is 5.73 Å². The molecule has 2 amide bonds.